The van der Waals surface area contributed by atoms with Crippen LogP contribution in [0, 0.1) is 0 Å². The van der Waals surface area contributed by atoms with E-state index < -0.39 is 0 Å². The maximum atomic E-state index is 13.0. The number of hydrogen-bond donors (Lipinski definition) is 0. The van der Waals surface area contributed by atoms with Crippen LogP contribution in [0.15, 0.2) is 71.6 Å². The van der Waals surface area contributed by atoms with Crippen molar-refractivity contribution >= 4 is 40.7 Å². The van der Waals surface area contributed by atoms with Gasteiger partial charge >= 0.3 is 0 Å². The van der Waals surface area contributed by atoms with Crippen molar-refractivity contribution < 1.29 is 14.3 Å². The number of Topliss-reactive ketones (excluding diaryl/α,β-unsaturated/α-hetero) is 1. The van der Waals surface area contributed by atoms with E-state index in [1.165, 1.54) is 0 Å². The van der Waals surface area contributed by atoms with Crippen molar-refractivity contribution in [2.75, 3.05) is 14.2 Å². The normalized spacial score (nSPS) is 11.7. The van der Waals surface area contributed by atoms with Crippen molar-refractivity contribution in [3.05, 3.63) is 87.9 Å². The van der Waals surface area contributed by atoms with Crippen LogP contribution in [0.5, 0.6) is 11.5 Å². The lowest BCUT2D eigenvalue weighted by Gasteiger charge is -2.19. The molecule has 0 bridgehead atoms. The molecule has 0 spiro atoms. The molecule has 0 heterocycles. The number of methoxy groups -OCH3 is 2. The lowest BCUT2D eigenvalue weighted by Crippen LogP contribution is -2.06. The van der Waals surface area contributed by atoms with Crippen LogP contribution in [-0.2, 0) is 0 Å². The van der Waals surface area contributed by atoms with Crippen LogP contribution in [0.1, 0.15) is 27.6 Å². The van der Waals surface area contributed by atoms with Gasteiger partial charge in [0.05, 0.1) is 24.1 Å². The van der Waals surface area contributed by atoms with Crippen molar-refractivity contribution in [1.82, 2.24) is 0 Å². The molecule has 3 nitrogen and oxygen atoms in total. The summed E-state index contributed by atoms with van der Waals surface area (Å²) in [7, 11) is 3.25. The zero-order valence-corrected chi connectivity index (χ0v) is 18.4. The number of halogens is 2. The van der Waals surface area contributed by atoms with Crippen LogP contribution in [0.4, 0.5) is 0 Å². The van der Waals surface area contributed by atoms with Gasteiger partial charge in [-0.3, -0.25) is 4.79 Å². The highest BCUT2D eigenvalue weighted by atomic mass is 35.5. The fraction of sp³-hybridized carbons (Fsp3) is 0.174. The van der Waals surface area contributed by atoms with Crippen LogP contribution in [0.25, 0.3) is 0 Å². The third-order valence-electron chi connectivity index (χ3n) is 4.41. The molecule has 3 aromatic rings. The van der Waals surface area contributed by atoms with Crippen LogP contribution in [-0.4, -0.2) is 20.0 Å². The molecule has 1 atom stereocenters. The second-order valence-corrected chi connectivity index (χ2v) is 8.37. The number of thioether (sulfide) groups is 1. The zero-order valence-electron chi connectivity index (χ0n) is 16.0. The van der Waals surface area contributed by atoms with E-state index in [9.17, 15) is 4.79 Å². The average molecular weight is 447 g/mol. The first-order valence-corrected chi connectivity index (χ1v) is 10.6. The van der Waals surface area contributed by atoms with E-state index in [1.54, 1.807) is 44.2 Å². The largest absolute Gasteiger partial charge is 0.497 e. The van der Waals surface area contributed by atoms with Crippen molar-refractivity contribution in [2.24, 2.45) is 0 Å². The smallest absolute Gasteiger partial charge is 0.165 e. The highest BCUT2D eigenvalue weighted by molar-refractivity contribution is 7.99. The number of carbonyl (C=O) groups excluding carboxylic acids is 1. The van der Waals surface area contributed by atoms with Gasteiger partial charge in [0.1, 0.15) is 11.5 Å². The Morgan fingerprint density at radius 2 is 1.72 bits per heavy atom. The first kappa shape index (κ1) is 21.6. The Kier molecular flexibility index (Phi) is 7.48. The highest BCUT2D eigenvalue weighted by Gasteiger charge is 2.22. The Labute approximate surface area is 184 Å². The predicted molar refractivity (Wildman–Crippen MR) is 120 cm³/mol. The number of rotatable bonds is 8. The van der Waals surface area contributed by atoms with Crippen LogP contribution < -0.4 is 9.47 Å². The molecule has 150 valence electrons. The minimum absolute atomic E-state index is 0.0464. The Bertz CT molecular complexity index is 993. The minimum atomic E-state index is -0.128. The molecule has 3 rings (SSSR count). The Morgan fingerprint density at radius 3 is 2.38 bits per heavy atom. The van der Waals surface area contributed by atoms with E-state index in [2.05, 4.69) is 0 Å². The first-order valence-electron chi connectivity index (χ1n) is 8.93. The molecule has 0 radical (unpaired) electrons. The lowest BCUT2D eigenvalue weighted by molar-refractivity contribution is 0.0982. The molecule has 1 unspecified atom stereocenters. The van der Waals surface area contributed by atoms with Gasteiger partial charge in [0.15, 0.2) is 5.78 Å². The molecular formula is C23H20Cl2O3S. The maximum Gasteiger partial charge on any atom is 0.165 e. The van der Waals surface area contributed by atoms with Gasteiger partial charge in [0.25, 0.3) is 0 Å². The summed E-state index contributed by atoms with van der Waals surface area (Å²) < 4.78 is 10.9. The molecule has 29 heavy (non-hydrogen) atoms. The topological polar surface area (TPSA) is 35.5 Å². The fourth-order valence-electron chi connectivity index (χ4n) is 2.92. The summed E-state index contributed by atoms with van der Waals surface area (Å²) in [5.41, 5.74) is 1.51. The number of benzene rings is 3. The van der Waals surface area contributed by atoms with Crippen LogP contribution in [0.3, 0.4) is 0 Å². The van der Waals surface area contributed by atoms with Crippen LogP contribution in [0.2, 0.25) is 10.0 Å². The van der Waals surface area contributed by atoms with Gasteiger partial charge in [-0.1, -0.05) is 53.5 Å². The molecule has 0 amide bonds. The van der Waals surface area contributed by atoms with Crippen molar-refractivity contribution in [2.45, 2.75) is 16.6 Å². The number of ketones is 1. The Morgan fingerprint density at radius 1 is 0.966 bits per heavy atom. The van der Waals surface area contributed by atoms with E-state index >= 15 is 0 Å². The van der Waals surface area contributed by atoms with Crippen molar-refractivity contribution in [3.63, 3.8) is 0 Å². The van der Waals surface area contributed by atoms with Gasteiger partial charge in [0.2, 0.25) is 0 Å². The predicted octanol–water partition coefficient (Wildman–Crippen LogP) is 7.12. The van der Waals surface area contributed by atoms with Gasteiger partial charge in [0, 0.05) is 22.3 Å². The molecule has 0 aromatic heterocycles. The third-order valence-corrected chi connectivity index (χ3v) is 6.26. The summed E-state index contributed by atoms with van der Waals surface area (Å²) in [5.74, 6) is 1.41. The van der Waals surface area contributed by atoms with E-state index in [0.717, 1.165) is 22.0 Å². The Hall–Kier alpha value is -2.14. The third kappa shape index (κ3) is 5.47. The maximum absolute atomic E-state index is 13.0. The zero-order chi connectivity index (χ0) is 20.8. The summed E-state index contributed by atoms with van der Waals surface area (Å²) in [6.45, 7) is 0. The molecular weight excluding hydrogens is 427 g/mol. The van der Waals surface area contributed by atoms with E-state index in [4.69, 9.17) is 32.7 Å². The van der Waals surface area contributed by atoms with Gasteiger partial charge in [-0.05, 0) is 42.0 Å². The van der Waals surface area contributed by atoms with Gasteiger partial charge in [-0.25, -0.2) is 0 Å². The second-order valence-electron chi connectivity index (χ2n) is 6.29. The number of ether oxygens (including phenoxy) is 2. The first-order chi connectivity index (χ1) is 14.0. The second kappa shape index (κ2) is 10.1. The Balaban J connectivity index is 1.93. The van der Waals surface area contributed by atoms with Crippen LogP contribution >= 0.6 is 35.0 Å². The minimum Gasteiger partial charge on any atom is -0.497 e. The summed E-state index contributed by atoms with van der Waals surface area (Å²) in [6, 6.07) is 20.5. The molecule has 0 aliphatic carbocycles. The standard InChI is InChI=1S/C23H20Cl2O3S/c1-27-17-9-11-21(28-2)23(13-17)29-22(15-6-4-3-5-7-15)14-20(26)18-10-8-16(24)12-19(18)25/h3-13,22H,14H2,1-2H3. The molecule has 0 aliphatic heterocycles. The van der Waals surface area contributed by atoms with E-state index in [-0.39, 0.29) is 17.5 Å². The molecule has 0 saturated heterocycles. The summed E-state index contributed by atoms with van der Waals surface area (Å²) >= 11 is 13.8. The quantitative estimate of drug-likeness (QED) is 0.272. The fourth-order valence-corrected chi connectivity index (χ4v) is 4.72. The average Bonchev–Trinajstić information content (AvgIpc) is 2.73. The molecule has 3 aromatic carbocycles. The van der Waals surface area contributed by atoms with Gasteiger partial charge < -0.3 is 9.47 Å². The monoisotopic (exact) mass is 446 g/mol. The molecule has 0 saturated carbocycles. The number of hydrogen-bond acceptors (Lipinski definition) is 4. The molecule has 0 N–H and O–H groups in total. The SMILES string of the molecule is COc1ccc(OC)c(SC(CC(=O)c2ccc(Cl)cc2Cl)c2ccccc2)c1. The molecule has 6 heteroatoms. The summed E-state index contributed by atoms with van der Waals surface area (Å²) in [4.78, 5) is 13.9. The number of carbonyl (C=O) groups is 1. The molecule has 0 aliphatic rings. The lowest BCUT2D eigenvalue weighted by atomic mass is 10.0. The van der Waals surface area contributed by atoms with E-state index in [1.807, 2.05) is 48.5 Å². The van der Waals surface area contributed by atoms with Gasteiger partial charge in [-0.2, -0.15) is 0 Å². The van der Waals surface area contributed by atoms with Gasteiger partial charge in [-0.15, -0.1) is 11.8 Å². The summed E-state index contributed by atoms with van der Waals surface area (Å²) in [6.07, 6.45) is 0.274. The van der Waals surface area contributed by atoms with E-state index in [0.29, 0.717) is 15.6 Å². The van der Waals surface area contributed by atoms with Crippen molar-refractivity contribution in [3.8, 4) is 11.5 Å². The summed E-state index contributed by atoms with van der Waals surface area (Å²) in [5, 5.41) is 0.733. The molecule has 0 fully saturated rings. The highest BCUT2D eigenvalue weighted by Crippen LogP contribution is 2.44. The van der Waals surface area contributed by atoms with Crippen molar-refractivity contribution in [1.29, 1.82) is 0 Å².